The van der Waals surface area contributed by atoms with E-state index in [-0.39, 0.29) is 5.88 Å². The van der Waals surface area contributed by atoms with Gasteiger partial charge in [-0.2, -0.15) is 0 Å². The highest BCUT2D eigenvalue weighted by molar-refractivity contribution is 9.10. The molecule has 1 aromatic rings. The Balaban J connectivity index is 3.08. The van der Waals surface area contributed by atoms with Crippen LogP contribution in [0.2, 0.25) is 0 Å². The molecule has 0 saturated heterocycles. The Morgan fingerprint density at radius 1 is 1.69 bits per heavy atom. The first-order chi connectivity index (χ1) is 6.17. The topological polar surface area (TPSA) is 39.2 Å². The van der Waals surface area contributed by atoms with Crippen molar-refractivity contribution >= 4 is 33.5 Å². The van der Waals surface area contributed by atoms with Crippen molar-refractivity contribution in [2.75, 3.05) is 7.11 Å². The molecular formula is C8H7BrClNO2. The molecule has 0 unspecified atom stereocenters. The fourth-order valence-corrected chi connectivity index (χ4v) is 1.47. The molecule has 1 rings (SSSR count). The normalized spacial score (nSPS) is 9.77. The highest BCUT2D eigenvalue weighted by Gasteiger charge is 2.08. The Morgan fingerprint density at radius 2 is 2.38 bits per heavy atom. The van der Waals surface area contributed by atoms with Gasteiger partial charge in [-0.25, -0.2) is 9.78 Å². The van der Waals surface area contributed by atoms with E-state index in [0.717, 1.165) is 0 Å². The molecule has 0 aliphatic rings. The second-order valence-electron chi connectivity index (χ2n) is 2.30. The average Bonchev–Trinajstić information content (AvgIpc) is 2.15. The first-order valence-electron chi connectivity index (χ1n) is 3.48. The van der Waals surface area contributed by atoms with E-state index in [0.29, 0.717) is 15.9 Å². The van der Waals surface area contributed by atoms with Gasteiger partial charge in [0.2, 0.25) is 0 Å². The molecular weight excluding hydrogens is 257 g/mol. The summed E-state index contributed by atoms with van der Waals surface area (Å²) in [6.45, 7) is 0. The Morgan fingerprint density at radius 3 is 2.92 bits per heavy atom. The number of esters is 1. The van der Waals surface area contributed by atoms with Gasteiger partial charge in [0.25, 0.3) is 0 Å². The number of rotatable bonds is 2. The van der Waals surface area contributed by atoms with Crippen LogP contribution in [0.4, 0.5) is 0 Å². The SMILES string of the molecule is COC(=O)c1cc(Br)nc(CCl)c1. The number of methoxy groups -OCH3 is 1. The van der Waals surface area contributed by atoms with Crippen LogP contribution in [0.5, 0.6) is 0 Å². The van der Waals surface area contributed by atoms with Crippen molar-refractivity contribution < 1.29 is 9.53 Å². The summed E-state index contributed by atoms with van der Waals surface area (Å²) in [7, 11) is 1.33. The van der Waals surface area contributed by atoms with Gasteiger partial charge in [0, 0.05) is 0 Å². The lowest BCUT2D eigenvalue weighted by Gasteiger charge is -2.01. The van der Waals surface area contributed by atoms with Gasteiger partial charge in [0.15, 0.2) is 0 Å². The van der Waals surface area contributed by atoms with E-state index in [9.17, 15) is 4.79 Å². The number of hydrogen-bond acceptors (Lipinski definition) is 3. The molecule has 1 aromatic heterocycles. The standard InChI is InChI=1S/C8H7BrClNO2/c1-13-8(12)5-2-6(4-10)11-7(9)3-5/h2-3H,4H2,1H3. The molecule has 0 bridgehead atoms. The Hall–Kier alpha value is -0.610. The smallest absolute Gasteiger partial charge is 0.338 e. The van der Waals surface area contributed by atoms with Crippen molar-refractivity contribution in [1.82, 2.24) is 4.98 Å². The van der Waals surface area contributed by atoms with Crippen LogP contribution in [-0.2, 0) is 10.6 Å². The van der Waals surface area contributed by atoms with Gasteiger partial charge in [-0.15, -0.1) is 11.6 Å². The number of alkyl halides is 1. The number of carbonyl (C=O) groups excluding carboxylic acids is 1. The lowest BCUT2D eigenvalue weighted by atomic mass is 10.2. The number of carbonyl (C=O) groups is 1. The van der Waals surface area contributed by atoms with Crippen LogP contribution >= 0.6 is 27.5 Å². The molecule has 0 N–H and O–H groups in total. The Labute approximate surface area is 89.2 Å². The zero-order valence-electron chi connectivity index (χ0n) is 6.88. The monoisotopic (exact) mass is 263 g/mol. The molecule has 0 aromatic carbocycles. The second-order valence-corrected chi connectivity index (χ2v) is 3.37. The highest BCUT2D eigenvalue weighted by atomic mass is 79.9. The Bertz CT molecular complexity index is 330. The van der Waals surface area contributed by atoms with Crippen molar-refractivity contribution in [1.29, 1.82) is 0 Å². The quantitative estimate of drug-likeness (QED) is 0.468. The largest absolute Gasteiger partial charge is 0.465 e. The fourth-order valence-electron chi connectivity index (χ4n) is 0.855. The molecule has 70 valence electrons. The van der Waals surface area contributed by atoms with Crippen LogP contribution in [0.3, 0.4) is 0 Å². The van der Waals surface area contributed by atoms with Crippen LogP contribution in [0, 0.1) is 0 Å². The molecule has 5 heteroatoms. The summed E-state index contributed by atoms with van der Waals surface area (Å²) in [5.74, 6) is -0.127. The van der Waals surface area contributed by atoms with Gasteiger partial charge >= 0.3 is 5.97 Å². The third kappa shape index (κ3) is 2.67. The average molecular weight is 265 g/mol. The van der Waals surface area contributed by atoms with Crippen LogP contribution < -0.4 is 0 Å². The molecule has 13 heavy (non-hydrogen) atoms. The number of pyridine rings is 1. The molecule has 0 aliphatic carbocycles. The van der Waals surface area contributed by atoms with Gasteiger partial charge in [0.1, 0.15) is 4.60 Å². The molecule has 0 spiro atoms. The molecule has 0 aliphatic heterocycles. The minimum atomic E-state index is -0.394. The van der Waals surface area contributed by atoms with Gasteiger partial charge in [-0.05, 0) is 28.1 Å². The van der Waals surface area contributed by atoms with Crippen LogP contribution in [0.25, 0.3) is 0 Å². The molecule has 0 atom stereocenters. The minimum Gasteiger partial charge on any atom is -0.465 e. The predicted octanol–water partition coefficient (Wildman–Crippen LogP) is 2.37. The lowest BCUT2D eigenvalue weighted by Crippen LogP contribution is -2.03. The number of nitrogens with zero attached hydrogens (tertiary/aromatic N) is 1. The van der Waals surface area contributed by atoms with E-state index in [1.807, 2.05) is 0 Å². The molecule has 0 amide bonds. The van der Waals surface area contributed by atoms with Crippen molar-refractivity contribution in [2.24, 2.45) is 0 Å². The van der Waals surface area contributed by atoms with Gasteiger partial charge < -0.3 is 4.74 Å². The summed E-state index contributed by atoms with van der Waals surface area (Å²) in [5.41, 5.74) is 1.08. The van der Waals surface area contributed by atoms with Crippen molar-refractivity contribution in [3.8, 4) is 0 Å². The van der Waals surface area contributed by atoms with Crippen LogP contribution in [0.1, 0.15) is 16.1 Å². The van der Waals surface area contributed by atoms with E-state index in [1.165, 1.54) is 7.11 Å². The first kappa shape index (κ1) is 10.5. The molecule has 1 heterocycles. The number of hydrogen-bond donors (Lipinski definition) is 0. The van der Waals surface area contributed by atoms with E-state index in [4.69, 9.17) is 11.6 Å². The maximum atomic E-state index is 11.1. The summed E-state index contributed by atoms with van der Waals surface area (Å²) in [6, 6.07) is 3.19. The summed E-state index contributed by atoms with van der Waals surface area (Å²) >= 11 is 8.76. The second kappa shape index (κ2) is 4.58. The zero-order chi connectivity index (χ0) is 9.84. The van der Waals surface area contributed by atoms with Crippen LogP contribution in [-0.4, -0.2) is 18.1 Å². The predicted molar refractivity (Wildman–Crippen MR) is 52.8 cm³/mol. The number of halogens is 2. The van der Waals surface area contributed by atoms with E-state index in [1.54, 1.807) is 12.1 Å². The maximum absolute atomic E-state index is 11.1. The van der Waals surface area contributed by atoms with Crippen molar-refractivity contribution in [3.05, 3.63) is 28.0 Å². The summed E-state index contributed by atoms with van der Waals surface area (Å²) in [4.78, 5) is 15.2. The van der Waals surface area contributed by atoms with Gasteiger partial charge in [-0.1, -0.05) is 0 Å². The third-order valence-electron chi connectivity index (χ3n) is 1.41. The van der Waals surface area contributed by atoms with Crippen LogP contribution in [0.15, 0.2) is 16.7 Å². The van der Waals surface area contributed by atoms with E-state index in [2.05, 4.69) is 25.7 Å². The van der Waals surface area contributed by atoms with Crippen molar-refractivity contribution in [2.45, 2.75) is 5.88 Å². The summed E-state index contributed by atoms with van der Waals surface area (Å²) in [6.07, 6.45) is 0. The first-order valence-corrected chi connectivity index (χ1v) is 4.81. The van der Waals surface area contributed by atoms with Crippen molar-refractivity contribution in [3.63, 3.8) is 0 Å². The zero-order valence-corrected chi connectivity index (χ0v) is 9.22. The van der Waals surface area contributed by atoms with E-state index < -0.39 is 5.97 Å². The maximum Gasteiger partial charge on any atom is 0.338 e. The van der Waals surface area contributed by atoms with E-state index >= 15 is 0 Å². The summed E-state index contributed by atoms with van der Waals surface area (Å²) in [5, 5.41) is 0. The molecule has 0 saturated carbocycles. The molecule has 0 radical (unpaired) electrons. The fraction of sp³-hybridized carbons (Fsp3) is 0.250. The minimum absolute atomic E-state index is 0.267. The van der Waals surface area contributed by atoms with Gasteiger partial charge in [0.05, 0.1) is 24.2 Å². The highest BCUT2D eigenvalue weighted by Crippen LogP contribution is 2.13. The molecule has 0 fully saturated rings. The summed E-state index contributed by atoms with van der Waals surface area (Å²) < 4.78 is 5.14. The lowest BCUT2D eigenvalue weighted by molar-refractivity contribution is 0.0600. The Kier molecular flexibility index (Phi) is 3.69. The number of aromatic nitrogens is 1. The number of ether oxygens (including phenoxy) is 1. The third-order valence-corrected chi connectivity index (χ3v) is 2.09. The molecule has 3 nitrogen and oxygen atoms in total. The van der Waals surface area contributed by atoms with Gasteiger partial charge in [-0.3, -0.25) is 0 Å².